The Hall–Kier alpha value is -3.12. The molecule has 1 heterocycles. The van der Waals surface area contributed by atoms with Gasteiger partial charge in [0, 0.05) is 19.6 Å². The Morgan fingerprint density at radius 1 is 1.11 bits per heavy atom. The number of carbonyl (C=O) groups excluding carboxylic acids is 1. The van der Waals surface area contributed by atoms with Crippen LogP contribution in [0.15, 0.2) is 42.5 Å². The lowest BCUT2D eigenvalue weighted by Gasteiger charge is -2.15. The van der Waals surface area contributed by atoms with E-state index in [0.717, 1.165) is 30.6 Å². The van der Waals surface area contributed by atoms with Crippen molar-refractivity contribution in [2.24, 2.45) is 0 Å². The molecule has 0 aromatic heterocycles. The van der Waals surface area contributed by atoms with Gasteiger partial charge in [-0.2, -0.15) is 0 Å². The van der Waals surface area contributed by atoms with Gasteiger partial charge < -0.3 is 20.5 Å². The quantitative estimate of drug-likeness (QED) is 0.614. The summed E-state index contributed by atoms with van der Waals surface area (Å²) in [5, 5.41) is 14.4. The van der Waals surface area contributed by atoms with E-state index in [0.29, 0.717) is 0 Å². The molecule has 0 fully saturated rings. The summed E-state index contributed by atoms with van der Waals surface area (Å²) >= 11 is 0. The third-order valence-electron chi connectivity index (χ3n) is 5.14. The molecule has 0 spiro atoms. The molecule has 1 amide bonds. The van der Waals surface area contributed by atoms with Gasteiger partial charge in [-0.1, -0.05) is 36.4 Å². The summed E-state index contributed by atoms with van der Waals surface area (Å²) in [5.74, 6) is -0.957. The van der Waals surface area contributed by atoms with Crippen molar-refractivity contribution in [3.05, 3.63) is 64.7 Å². The maximum atomic E-state index is 11.9. The Balaban J connectivity index is 1.56. The van der Waals surface area contributed by atoms with Gasteiger partial charge in [0.25, 0.3) is 0 Å². The van der Waals surface area contributed by atoms with Crippen molar-refractivity contribution in [3.63, 3.8) is 0 Å². The molecule has 144 valence electrons. The number of hydrogen-bond donors (Lipinski definition) is 3. The highest BCUT2D eigenvalue weighted by Gasteiger charge is 2.22. The minimum Gasteiger partial charge on any atom is -0.481 e. The number of fused-ring (bicyclic) bond motifs is 3. The molecule has 0 unspecified atom stereocenters. The summed E-state index contributed by atoms with van der Waals surface area (Å²) < 4.78 is 5.36. The molecule has 2 aliphatic rings. The van der Waals surface area contributed by atoms with Crippen molar-refractivity contribution in [1.29, 1.82) is 0 Å². The average molecular weight is 378 g/mol. The summed E-state index contributed by atoms with van der Waals surface area (Å²) in [6.07, 6.45) is 2.31. The maximum Gasteiger partial charge on any atom is 0.407 e. The van der Waals surface area contributed by atoms with Gasteiger partial charge in [0.05, 0.1) is 6.42 Å². The molecule has 2 aromatic carbocycles. The number of aliphatic carboxylic acids is 1. The molecule has 1 aliphatic heterocycles. The van der Waals surface area contributed by atoms with Gasteiger partial charge >= 0.3 is 12.1 Å². The van der Waals surface area contributed by atoms with Gasteiger partial charge in [-0.25, -0.2) is 4.79 Å². The minimum atomic E-state index is -0.957. The molecule has 6 heteroatoms. The second-order valence-electron chi connectivity index (χ2n) is 7.01. The average Bonchev–Trinajstić information content (AvgIpc) is 3.32. The number of alkyl carbamates (subject to hydrolysis) is 1. The first-order chi connectivity index (χ1) is 13.6. The fourth-order valence-electron chi connectivity index (χ4n) is 3.80. The van der Waals surface area contributed by atoms with Crippen LogP contribution in [0.25, 0.3) is 16.7 Å². The van der Waals surface area contributed by atoms with Crippen LogP contribution in [0, 0.1) is 0 Å². The van der Waals surface area contributed by atoms with Crippen LogP contribution in [0.4, 0.5) is 4.79 Å². The summed E-state index contributed by atoms with van der Waals surface area (Å²) in [5.41, 5.74) is 8.33. The van der Waals surface area contributed by atoms with Gasteiger partial charge in [-0.15, -0.1) is 0 Å². The molecule has 28 heavy (non-hydrogen) atoms. The van der Waals surface area contributed by atoms with E-state index in [1.165, 1.54) is 27.8 Å². The van der Waals surface area contributed by atoms with Crippen molar-refractivity contribution in [3.8, 4) is 11.1 Å². The van der Waals surface area contributed by atoms with E-state index in [9.17, 15) is 9.59 Å². The highest BCUT2D eigenvalue weighted by Crippen LogP contribution is 2.39. The topological polar surface area (TPSA) is 87.7 Å². The van der Waals surface area contributed by atoms with Crippen LogP contribution in [-0.2, 0) is 22.6 Å². The standard InChI is InChI=1S/C22H22N2O4/c25-21(26)6-8-24-22(27)28-13-17-10-16-9-14-3-1-2-4-18(14)20(16)11-19(17)15-5-7-23-12-15/h1-5,10-11,23H,6-9,12-13H2,(H,24,27)(H,25,26). The molecule has 4 rings (SSSR count). The van der Waals surface area contributed by atoms with E-state index in [2.05, 4.69) is 53.1 Å². The zero-order valence-corrected chi connectivity index (χ0v) is 15.5. The Bertz CT molecular complexity index is 965. The van der Waals surface area contributed by atoms with Crippen LogP contribution in [0.3, 0.4) is 0 Å². The van der Waals surface area contributed by atoms with Gasteiger partial charge in [0.2, 0.25) is 0 Å². The number of amides is 1. The zero-order valence-electron chi connectivity index (χ0n) is 15.5. The number of hydrogen-bond acceptors (Lipinski definition) is 4. The van der Waals surface area contributed by atoms with Gasteiger partial charge in [0.15, 0.2) is 0 Å². The molecule has 2 aromatic rings. The predicted molar refractivity (Wildman–Crippen MR) is 106 cm³/mol. The first kappa shape index (κ1) is 18.3. The Morgan fingerprint density at radius 2 is 1.96 bits per heavy atom. The van der Waals surface area contributed by atoms with Crippen LogP contribution in [0.5, 0.6) is 0 Å². The molecule has 0 saturated carbocycles. The van der Waals surface area contributed by atoms with Crippen molar-refractivity contribution < 1.29 is 19.4 Å². The number of carboxylic acid groups (broad SMARTS) is 1. The molecule has 0 radical (unpaired) electrons. The van der Waals surface area contributed by atoms with Crippen LogP contribution >= 0.6 is 0 Å². The van der Waals surface area contributed by atoms with E-state index in [1.54, 1.807) is 0 Å². The van der Waals surface area contributed by atoms with Crippen molar-refractivity contribution in [2.75, 3.05) is 19.6 Å². The molecule has 0 bridgehead atoms. The van der Waals surface area contributed by atoms with E-state index in [4.69, 9.17) is 9.84 Å². The van der Waals surface area contributed by atoms with Crippen LogP contribution in [-0.4, -0.2) is 36.8 Å². The fraction of sp³-hybridized carbons (Fsp3) is 0.273. The molecule has 0 saturated heterocycles. The number of carboxylic acids is 1. The highest BCUT2D eigenvalue weighted by molar-refractivity contribution is 5.83. The summed E-state index contributed by atoms with van der Waals surface area (Å²) in [4.78, 5) is 22.4. The predicted octanol–water partition coefficient (Wildman–Crippen LogP) is 2.95. The zero-order chi connectivity index (χ0) is 19.5. The Labute approximate surface area is 163 Å². The van der Waals surface area contributed by atoms with Gasteiger partial charge in [-0.05, 0) is 51.4 Å². The second-order valence-corrected chi connectivity index (χ2v) is 7.01. The number of benzene rings is 2. The van der Waals surface area contributed by atoms with E-state index < -0.39 is 12.1 Å². The van der Waals surface area contributed by atoms with Crippen molar-refractivity contribution in [2.45, 2.75) is 19.4 Å². The largest absolute Gasteiger partial charge is 0.481 e. The summed E-state index contributed by atoms with van der Waals surface area (Å²) in [6, 6.07) is 12.8. The lowest BCUT2D eigenvalue weighted by molar-refractivity contribution is -0.136. The summed E-state index contributed by atoms with van der Waals surface area (Å²) in [6.45, 7) is 1.82. The normalized spacial score (nSPS) is 14.2. The first-order valence-electron chi connectivity index (χ1n) is 9.38. The smallest absolute Gasteiger partial charge is 0.407 e. The van der Waals surface area contributed by atoms with Gasteiger partial charge in [-0.3, -0.25) is 4.79 Å². The van der Waals surface area contributed by atoms with Crippen molar-refractivity contribution in [1.82, 2.24) is 10.6 Å². The molecular formula is C22H22N2O4. The third kappa shape index (κ3) is 3.77. The number of carbonyl (C=O) groups is 2. The SMILES string of the molecule is O=C(O)CCNC(=O)OCc1cc2c(cc1C1=CCNC1)-c1ccccc1C2. The lowest BCUT2D eigenvalue weighted by Crippen LogP contribution is -2.26. The fourth-order valence-corrected chi connectivity index (χ4v) is 3.80. The highest BCUT2D eigenvalue weighted by atomic mass is 16.5. The first-order valence-corrected chi connectivity index (χ1v) is 9.38. The van der Waals surface area contributed by atoms with Crippen LogP contribution in [0.1, 0.15) is 28.7 Å². The van der Waals surface area contributed by atoms with E-state index in [1.807, 2.05) is 0 Å². The Kier molecular flexibility index (Phi) is 5.12. The minimum absolute atomic E-state index is 0.0512. The molecule has 1 aliphatic carbocycles. The molecular weight excluding hydrogens is 356 g/mol. The molecule has 6 nitrogen and oxygen atoms in total. The number of nitrogens with one attached hydrogen (secondary N) is 2. The second kappa shape index (κ2) is 7.86. The number of rotatable bonds is 6. The van der Waals surface area contributed by atoms with Crippen LogP contribution < -0.4 is 10.6 Å². The number of ether oxygens (including phenoxy) is 1. The maximum absolute atomic E-state index is 11.9. The monoisotopic (exact) mass is 378 g/mol. The van der Waals surface area contributed by atoms with Gasteiger partial charge in [0.1, 0.15) is 6.61 Å². The Morgan fingerprint density at radius 3 is 2.75 bits per heavy atom. The third-order valence-corrected chi connectivity index (χ3v) is 5.14. The molecule has 3 N–H and O–H groups in total. The van der Waals surface area contributed by atoms with E-state index in [-0.39, 0.29) is 19.6 Å². The van der Waals surface area contributed by atoms with Crippen LogP contribution in [0.2, 0.25) is 0 Å². The summed E-state index contributed by atoms with van der Waals surface area (Å²) in [7, 11) is 0. The van der Waals surface area contributed by atoms with Crippen molar-refractivity contribution >= 4 is 17.6 Å². The van der Waals surface area contributed by atoms with E-state index >= 15 is 0 Å². The molecule has 0 atom stereocenters. The lowest BCUT2D eigenvalue weighted by atomic mass is 9.94.